The molecule has 0 saturated carbocycles. The van der Waals surface area contributed by atoms with Crippen LogP contribution in [0.2, 0.25) is 0 Å². The molecule has 1 saturated heterocycles. The minimum atomic E-state index is -0.993. The van der Waals surface area contributed by atoms with E-state index >= 15 is 0 Å². The van der Waals surface area contributed by atoms with Crippen LogP contribution in [-0.2, 0) is 14.3 Å². The van der Waals surface area contributed by atoms with Crippen LogP contribution in [0.1, 0.15) is 52.3 Å². The molecular weight excluding hydrogens is 504 g/mol. The zero-order chi connectivity index (χ0) is 27.2. The van der Waals surface area contributed by atoms with Crippen LogP contribution in [-0.4, -0.2) is 41.0 Å². The van der Waals surface area contributed by atoms with Gasteiger partial charge in [0.2, 0.25) is 0 Å². The number of ether oxygens (including phenoxy) is 2. The molecule has 3 aromatic rings. The van der Waals surface area contributed by atoms with Crippen LogP contribution < -0.4 is 9.64 Å². The van der Waals surface area contributed by atoms with Crippen LogP contribution in [0.4, 0.5) is 5.13 Å². The lowest BCUT2D eigenvalue weighted by Gasteiger charge is -2.23. The standard InChI is InChI=1S/C29H28N2O6S/c1-4-6-16-36-21-14-10-13-20(17-21)23-22(24(32)19-11-8-7-9-12-19)25(33)27(34)31(23)29-30-18(3)26(38-29)28(35)37-15-5-2/h5,7-14,17,23,32H,2,4,6,15-16H2,1,3H3. The summed E-state index contributed by atoms with van der Waals surface area (Å²) in [6.07, 6.45) is 3.30. The van der Waals surface area contributed by atoms with Crippen LogP contribution in [0, 0.1) is 6.92 Å². The summed E-state index contributed by atoms with van der Waals surface area (Å²) in [6.45, 7) is 7.78. The van der Waals surface area contributed by atoms with Crippen LogP contribution in [0.3, 0.4) is 0 Å². The van der Waals surface area contributed by atoms with Crippen molar-refractivity contribution in [3.05, 3.63) is 94.5 Å². The highest BCUT2D eigenvalue weighted by Crippen LogP contribution is 2.44. The van der Waals surface area contributed by atoms with Gasteiger partial charge in [0, 0.05) is 5.56 Å². The number of benzene rings is 2. The zero-order valence-electron chi connectivity index (χ0n) is 21.2. The molecule has 38 heavy (non-hydrogen) atoms. The Morgan fingerprint density at radius 3 is 2.66 bits per heavy atom. The van der Waals surface area contributed by atoms with Gasteiger partial charge in [0.1, 0.15) is 23.0 Å². The summed E-state index contributed by atoms with van der Waals surface area (Å²) in [5, 5.41) is 11.4. The van der Waals surface area contributed by atoms with E-state index in [-0.39, 0.29) is 27.9 Å². The van der Waals surface area contributed by atoms with Gasteiger partial charge in [0.25, 0.3) is 5.78 Å². The summed E-state index contributed by atoms with van der Waals surface area (Å²) in [6, 6.07) is 14.6. The normalized spacial score (nSPS) is 16.5. The third-order valence-corrected chi connectivity index (χ3v) is 7.08. The van der Waals surface area contributed by atoms with Crippen molar-refractivity contribution >= 4 is 39.9 Å². The molecule has 1 aliphatic rings. The van der Waals surface area contributed by atoms with Crippen molar-refractivity contribution in [3.8, 4) is 5.75 Å². The third-order valence-electron chi connectivity index (χ3n) is 5.94. The second kappa shape index (κ2) is 11.9. The highest BCUT2D eigenvalue weighted by molar-refractivity contribution is 7.17. The Balaban J connectivity index is 1.85. The largest absolute Gasteiger partial charge is 0.507 e. The lowest BCUT2D eigenvalue weighted by molar-refractivity contribution is -0.132. The number of rotatable bonds is 10. The van der Waals surface area contributed by atoms with E-state index in [1.54, 1.807) is 61.5 Å². The first-order valence-electron chi connectivity index (χ1n) is 12.2. The van der Waals surface area contributed by atoms with Gasteiger partial charge in [0.05, 0.1) is 23.9 Å². The second-order valence-corrected chi connectivity index (χ2v) is 9.59. The number of anilines is 1. The van der Waals surface area contributed by atoms with Gasteiger partial charge in [0.15, 0.2) is 5.13 Å². The molecule has 0 radical (unpaired) electrons. The van der Waals surface area contributed by atoms with Gasteiger partial charge in [-0.15, -0.1) is 0 Å². The monoisotopic (exact) mass is 532 g/mol. The first kappa shape index (κ1) is 26.8. The number of aryl methyl sites for hydroxylation is 1. The summed E-state index contributed by atoms with van der Waals surface area (Å²) >= 11 is 0.948. The van der Waals surface area contributed by atoms with Crippen molar-refractivity contribution in [2.24, 2.45) is 0 Å². The van der Waals surface area contributed by atoms with E-state index in [1.807, 2.05) is 0 Å². The first-order chi connectivity index (χ1) is 18.4. The van der Waals surface area contributed by atoms with Gasteiger partial charge in [-0.05, 0) is 31.0 Å². The molecule has 9 heteroatoms. The number of esters is 1. The quantitative estimate of drug-likeness (QED) is 0.0905. The zero-order valence-corrected chi connectivity index (χ0v) is 22.0. The number of Topliss-reactive ketones (excluding diaryl/α,β-unsaturated/α-hetero) is 1. The van der Waals surface area contributed by atoms with Gasteiger partial charge < -0.3 is 14.6 Å². The molecule has 1 amide bonds. The topological polar surface area (TPSA) is 106 Å². The predicted molar refractivity (Wildman–Crippen MR) is 145 cm³/mol. The predicted octanol–water partition coefficient (Wildman–Crippen LogP) is 5.60. The summed E-state index contributed by atoms with van der Waals surface area (Å²) in [7, 11) is 0. The van der Waals surface area contributed by atoms with E-state index in [0.717, 1.165) is 24.2 Å². The Hall–Kier alpha value is -4.24. The number of carbonyl (C=O) groups is 3. The van der Waals surface area contributed by atoms with E-state index < -0.39 is 23.7 Å². The molecule has 4 rings (SSSR count). The maximum Gasteiger partial charge on any atom is 0.350 e. The van der Waals surface area contributed by atoms with Gasteiger partial charge >= 0.3 is 11.9 Å². The van der Waals surface area contributed by atoms with Crippen molar-refractivity contribution in [1.29, 1.82) is 0 Å². The molecule has 0 aliphatic carbocycles. The molecule has 196 valence electrons. The molecule has 1 aliphatic heterocycles. The number of carbonyl (C=O) groups excluding carboxylic acids is 3. The Morgan fingerprint density at radius 1 is 1.18 bits per heavy atom. The summed E-state index contributed by atoms with van der Waals surface area (Å²) in [5.41, 5.74) is 1.24. The molecule has 0 bridgehead atoms. The minimum absolute atomic E-state index is 0.0257. The Bertz CT molecular complexity index is 1400. The molecule has 1 fully saturated rings. The Morgan fingerprint density at radius 2 is 1.95 bits per heavy atom. The van der Waals surface area contributed by atoms with Crippen LogP contribution in [0.5, 0.6) is 5.75 Å². The number of unbranched alkanes of at least 4 members (excludes halogenated alkanes) is 1. The van der Waals surface area contributed by atoms with Crippen LogP contribution in [0.15, 0.2) is 72.8 Å². The van der Waals surface area contributed by atoms with Gasteiger partial charge in [-0.1, -0.05) is 79.8 Å². The fourth-order valence-corrected chi connectivity index (χ4v) is 5.07. The number of aliphatic hydroxyl groups is 1. The van der Waals surface area contributed by atoms with Gasteiger partial charge in [-0.25, -0.2) is 9.78 Å². The van der Waals surface area contributed by atoms with Crippen LogP contribution >= 0.6 is 11.3 Å². The average Bonchev–Trinajstić information content (AvgIpc) is 3.44. The van der Waals surface area contributed by atoms with E-state index in [9.17, 15) is 19.5 Å². The molecular formula is C29H28N2O6S. The van der Waals surface area contributed by atoms with Crippen molar-refractivity contribution < 1.29 is 29.0 Å². The van der Waals surface area contributed by atoms with E-state index in [2.05, 4.69) is 18.5 Å². The Labute approximate surface area is 224 Å². The van der Waals surface area contributed by atoms with Crippen molar-refractivity contribution in [3.63, 3.8) is 0 Å². The summed E-state index contributed by atoms with van der Waals surface area (Å²) < 4.78 is 11.0. The molecule has 2 aromatic carbocycles. The number of thiazole rings is 1. The maximum absolute atomic E-state index is 13.4. The minimum Gasteiger partial charge on any atom is -0.507 e. The summed E-state index contributed by atoms with van der Waals surface area (Å²) in [4.78, 5) is 45.2. The highest BCUT2D eigenvalue weighted by atomic mass is 32.1. The number of hydrogen-bond acceptors (Lipinski definition) is 8. The van der Waals surface area contributed by atoms with Gasteiger partial charge in [-0.3, -0.25) is 14.5 Å². The fourth-order valence-electron chi connectivity index (χ4n) is 4.08. The molecule has 8 nitrogen and oxygen atoms in total. The smallest absolute Gasteiger partial charge is 0.350 e. The van der Waals surface area contributed by atoms with Gasteiger partial charge in [-0.2, -0.15) is 0 Å². The Kier molecular flexibility index (Phi) is 8.38. The maximum atomic E-state index is 13.4. The van der Waals surface area contributed by atoms with E-state index in [4.69, 9.17) is 9.47 Å². The van der Waals surface area contributed by atoms with Crippen molar-refractivity contribution in [1.82, 2.24) is 4.98 Å². The SMILES string of the molecule is C=CCOC(=O)c1sc(N2C(=O)C(=O)C(=C(O)c3ccccc3)C2c2cccc(OCCCC)c2)nc1C. The first-order valence-corrected chi connectivity index (χ1v) is 13.0. The number of aliphatic hydroxyl groups excluding tert-OH is 1. The van der Waals surface area contributed by atoms with E-state index in [1.165, 1.54) is 11.0 Å². The lowest BCUT2D eigenvalue weighted by atomic mass is 9.95. The molecule has 2 heterocycles. The third kappa shape index (κ3) is 5.38. The van der Waals surface area contributed by atoms with Crippen LogP contribution in [0.25, 0.3) is 5.76 Å². The number of hydrogen-bond donors (Lipinski definition) is 1. The summed E-state index contributed by atoms with van der Waals surface area (Å²) in [5.74, 6) is -2.03. The lowest BCUT2D eigenvalue weighted by Crippen LogP contribution is -2.29. The molecule has 1 aromatic heterocycles. The second-order valence-electron chi connectivity index (χ2n) is 8.61. The van der Waals surface area contributed by atoms with Crippen molar-refractivity contribution in [2.75, 3.05) is 18.1 Å². The average molecular weight is 533 g/mol. The number of ketones is 1. The van der Waals surface area contributed by atoms with E-state index in [0.29, 0.717) is 29.2 Å². The molecule has 1 atom stereocenters. The molecule has 1 N–H and O–H groups in total. The number of nitrogens with zero attached hydrogens (tertiary/aromatic N) is 2. The number of aromatic nitrogens is 1. The van der Waals surface area contributed by atoms with Crippen molar-refractivity contribution in [2.45, 2.75) is 32.7 Å². The number of amides is 1. The highest BCUT2D eigenvalue weighted by Gasteiger charge is 2.48. The molecule has 1 unspecified atom stereocenters. The fraction of sp³-hybridized carbons (Fsp3) is 0.241. The molecule has 0 spiro atoms.